The molecule has 0 saturated carbocycles. The third kappa shape index (κ3) is 40.1. The molecule has 0 spiro atoms. The molecule has 0 saturated heterocycles. The number of carbonyl (C=O) groups excluding carboxylic acids is 2. The average Bonchev–Trinajstić information content (AvgIpc) is 3.22. The Morgan fingerprint density at radius 3 is 1.48 bits per heavy atom. The second-order valence-electron chi connectivity index (χ2n) is 16.2. The van der Waals surface area contributed by atoms with E-state index in [4.69, 9.17) is 4.74 Å². The molecule has 58 heavy (non-hydrogen) atoms. The van der Waals surface area contributed by atoms with Crippen LogP contribution >= 0.6 is 0 Å². The van der Waals surface area contributed by atoms with Crippen molar-refractivity contribution in [3.05, 3.63) is 72.9 Å². The Hall–Kier alpha value is -2.70. The fourth-order valence-electron chi connectivity index (χ4n) is 6.97. The first-order valence-corrected chi connectivity index (χ1v) is 24.2. The highest BCUT2D eigenvalue weighted by Gasteiger charge is 2.24. The molecule has 3 unspecified atom stereocenters. The highest BCUT2D eigenvalue weighted by Crippen LogP contribution is 2.17. The monoisotopic (exact) mass is 810 g/mol. The Morgan fingerprint density at radius 2 is 0.948 bits per heavy atom. The smallest absolute Gasteiger partial charge is 0.306 e. The highest BCUT2D eigenvalue weighted by atomic mass is 16.5. The molecule has 6 heteroatoms. The maximum atomic E-state index is 13.2. The lowest BCUT2D eigenvalue weighted by Gasteiger charge is -2.24. The van der Waals surface area contributed by atoms with Gasteiger partial charge in [0.25, 0.3) is 0 Å². The van der Waals surface area contributed by atoms with Crippen molar-refractivity contribution in [1.29, 1.82) is 0 Å². The van der Waals surface area contributed by atoms with Gasteiger partial charge in [-0.2, -0.15) is 0 Å². The van der Waals surface area contributed by atoms with Gasteiger partial charge >= 0.3 is 5.97 Å². The molecule has 3 atom stereocenters. The normalized spacial score (nSPS) is 13.9. The van der Waals surface area contributed by atoms with Crippen molar-refractivity contribution >= 4 is 11.9 Å². The summed E-state index contributed by atoms with van der Waals surface area (Å²) in [5.74, 6) is -0.535. The van der Waals surface area contributed by atoms with E-state index in [9.17, 15) is 19.8 Å². The van der Waals surface area contributed by atoms with Gasteiger partial charge in [0.2, 0.25) is 5.91 Å². The molecule has 0 aliphatic heterocycles. The molecule has 1 amide bonds. The van der Waals surface area contributed by atoms with Crippen molar-refractivity contribution in [2.24, 2.45) is 0 Å². The van der Waals surface area contributed by atoms with Crippen LogP contribution in [0.25, 0.3) is 0 Å². The first-order chi connectivity index (χ1) is 28.5. The molecule has 0 aromatic heterocycles. The SMILES string of the molecule is CC/C=C/C=C/C=C\C=C/C=C/CCCCCC(=O)OC(CCCCCCC/C=C\CCCCCC)CC(=O)NC(CO)C(O)CCCCCCCCCCCCC. The zero-order chi connectivity index (χ0) is 42.4. The highest BCUT2D eigenvalue weighted by molar-refractivity contribution is 5.77. The number of ether oxygens (including phenoxy) is 1. The Balaban J connectivity index is 4.70. The summed E-state index contributed by atoms with van der Waals surface area (Å²) in [5.41, 5.74) is 0. The molecule has 6 nitrogen and oxygen atoms in total. The van der Waals surface area contributed by atoms with Crippen LogP contribution in [0.1, 0.15) is 220 Å². The molecule has 0 aromatic carbocycles. The van der Waals surface area contributed by atoms with Crippen LogP contribution in [0.5, 0.6) is 0 Å². The van der Waals surface area contributed by atoms with Gasteiger partial charge in [0.15, 0.2) is 0 Å². The van der Waals surface area contributed by atoms with Gasteiger partial charge in [-0.15, -0.1) is 0 Å². The van der Waals surface area contributed by atoms with E-state index < -0.39 is 18.2 Å². The number of nitrogens with one attached hydrogen (secondary N) is 1. The van der Waals surface area contributed by atoms with Gasteiger partial charge in [0.1, 0.15) is 6.10 Å². The number of hydrogen-bond acceptors (Lipinski definition) is 5. The molecule has 0 radical (unpaired) electrons. The van der Waals surface area contributed by atoms with Crippen LogP contribution < -0.4 is 5.32 Å². The molecule has 334 valence electrons. The summed E-state index contributed by atoms with van der Waals surface area (Å²) in [7, 11) is 0. The predicted octanol–water partition coefficient (Wildman–Crippen LogP) is 14.2. The van der Waals surface area contributed by atoms with E-state index in [1.54, 1.807) is 0 Å². The summed E-state index contributed by atoms with van der Waals surface area (Å²) in [6, 6.07) is -0.714. The molecule has 0 fully saturated rings. The second-order valence-corrected chi connectivity index (χ2v) is 16.2. The Labute approximate surface area is 358 Å². The van der Waals surface area contributed by atoms with E-state index in [0.29, 0.717) is 19.3 Å². The fourth-order valence-corrected chi connectivity index (χ4v) is 6.97. The minimum atomic E-state index is -0.799. The zero-order valence-electron chi connectivity index (χ0n) is 37.9. The third-order valence-electron chi connectivity index (χ3n) is 10.6. The maximum Gasteiger partial charge on any atom is 0.306 e. The van der Waals surface area contributed by atoms with Crippen LogP contribution in [0.15, 0.2) is 72.9 Å². The quantitative estimate of drug-likeness (QED) is 0.0247. The summed E-state index contributed by atoms with van der Waals surface area (Å²) in [5, 5.41) is 23.7. The second kappa shape index (κ2) is 45.4. The topological polar surface area (TPSA) is 95.9 Å². The third-order valence-corrected chi connectivity index (χ3v) is 10.6. The molecule has 0 aliphatic rings. The zero-order valence-corrected chi connectivity index (χ0v) is 37.9. The van der Waals surface area contributed by atoms with E-state index in [0.717, 1.165) is 77.0 Å². The fraction of sp³-hybridized carbons (Fsp3) is 0.731. The minimum Gasteiger partial charge on any atom is -0.462 e. The number of amides is 1. The molecule has 0 rings (SSSR count). The number of aliphatic hydroxyl groups excluding tert-OH is 2. The van der Waals surface area contributed by atoms with Gasteiger partial charge in [-0.05, 0) is 70.6 Å². The molecule has 0 aliphatic carbocycles. The van der Waals surface area contributed by atoms with Crippen molar-refractivity contribution in [3.8, 4) is 0 Å². The molecule has 0 aromatic rings. The summed E-state index contributed by atoms with van der Waals surface area (Å²) in [4.78, 5) is 26.1. The van der Waals surface area contributed by atoms with E-state index in [1.807, 2.05) is 42.5 Å². The van der Waals surface area contributed by atoms with Crippen molar-refractivity contribution in [3.63, 3.8) is 0 Å². The average molecular weight is 810 g/mol. The van der Waals surface area contributed by atoms with Crippen LogP contribution in [0.4, 0.5) is 0 Å². The maximum absolute atomic E-state index is 13.2. The number of allylic oxidation sites excluding steroid dienone is 12. The summed E-state index contributed by atoms with van der Waals surface area (Å²) >= 11 is 0. The number of rotatable bonds is 42. The lowest BCUT2D eigenvalue weighted by molar-refractivity contribution is -0.151. The minimum absolute atomic E-state index is 0.0517. The Morgan fingerprint density at radius 1 is 0.517 bits per heavy atom. The number of aliphatic hydroxyl groups is 2. The van der Waals surface area contributed by atoms with Crippen LogP contribution in [-0.2, 0) is 14.3 Å². The number of carbonyl (C=O) groups is 2. The molecule has 3 N–H and O–H groups in total. The van der Waals surface area contributed by atoms with Gasteiger partial charge in [0, 0.05) is 6.42 Å². The van der Waals surface area contributed by atoms with Crippen molar-refractivity contribution in [1.82, 2.24) is 5.32 Å². The molecular weight excluding hydrogens is 719 g/mol. The van der Waals surface area contributed by atoms with E-state index >= 15 is 0 Å². The number of hydrogen-bond donors (Lipinski definition) is 3. The number of unbranched alkanes of at least 4 members (excludes halogenated alkanes) is 22. The summed E-state index contributed by atoms with van der Waals surface area (Å²) < 4.78 is 5.90. The first-order valence-electron chi connectivity index (χ1n) is 24.2. The lowest BCUT2D eigenvalue weighted by Crippen LogP contribution is -2.46. The van der Waals surface area contributed by atoms with Crippen molar-refractivity contribution < 1.29 is 24.5 Å². The summed E-state index contributed by atoms with van der Waals surface area (Å²) in [6.45, 7) is 6.30. The first kappa shape index (κ1) is 55.3. The van der Waals surface area contributed by atoms with Crippen molar-refractivity contribution in [2.45, 2.75) is 238 Å². The predicted molar refractivity (Wildman–Crippen MR) is 250 cm³/mol. The molecule has 0 heterocycles. The number of esters is 1. The molecular formula is C52H91NO5. The Kier molecular flexibility index (Phi) is 43.3. The van der Waals surface area contributed by atoms with Gasteiger partial charge in [-0.1, -0.05) is 209 Å². The van der Waals surface area contributed by atoms with Gasteiger partial charge in [-0.25, -0.2) is 0 Å². The lowest BCUT2D eigenvalue weighted by atomic mass is 10.0. The van der Waals surface area contributed by atoms with Crippen LogP contribution in [0, 0.1) is 0 Å². The molecule has 0 bridgehead atoms. The Bertz CT molecular complexity index is 1090. The standard InChI is InChI=1S/C52H91NO5/c1-4-7-10-13-16-19-22-24-25-27-30-33-36-39-42-45-52(57)58-48(43-40-37-34-31-29-26-23-20-17-14-11-8-5-2)46-51(56)53-49(47-54)50(55)44-41-38-35-32-28-21-18-15-12-9-6-3/h7,10,13,16,19-20,22-25,27,30,48-50,54-55H,4-6,8-9,11-12,14-15,17-18,21,26,28-29,31-47H2,1-3H3,(H,53,56)/b10-7+,16-13+,22-19-,23-20-,25-24-,30-27+. The van der Waals surface area contributed by atoms with E-state index in [-0.39, 0.29) is 24.9 Å². The van der Waals surface area contributed by atoms with Crippen molar-refractivity contribution in [2.75, 3.05) is 6.61 Å². The van der Waals surface area contributed by atoms with Crippen LogP contribution in [0.2, 0.25) is 0 Å². The van der Waals surface area contributed by atoms with Gasteiger partial charge in [0.05, 0.1) is 25.2 Å². The largest absolute Gasteiger partial charge is 0.462 e. The summed E-state index contributed by atoms with van der Waals surface area (Å²) in [6.07, 6.45) is 56.7. The van der Waals surface area contributed by atoms with Gasteiger partial charge in [-0.3, -0.25) is 9.59 Å². The van der Waals surface area contributed by atoms with Gasteiger partial charge < -0.3 is 20.3 Å². The van der Waals surface area contributed by atoms with E-state index in [2.05, 4.69) is 56.5 Å². The van der Waals surface area contributed by atoms with Crippen LogP contribution in [-0.4, -0.2) is 46.9 Å². The van der Waals surface area contributed by atoms with Crippen LogP contribution in [0.3, 0.4) is 0 Å². The van der Waals surface area contributed by atoms with E-state index in [1.165, 1.54) is 96.3 Å².